The second kappa shape index (κ2) is 12.3. The number of likely N-dealkylation sites (tertiary alicyclic amines) is 1. The highest BCUT2D eigenvalue weighted by atomic mass is 16.6. The summed E-state index contributed by atoms with van der Waals surface area (Å²) in [5.74, 6) is 1.69. The smallest absolute Gasteiger partial charge is 0.272 e. The van der Waals surface area contributed by atoms with E-state index in [1.807, 2.05) is 31.9 Å². The molecule has 5 heterocycles. The fourth-order valence-electron chi connectivity index (χ4n) is 5.62. The number of nitrogens with zero attached hydrogens (tertiary/aromatic N) is 8. The molecule has 5 aromatic rings. The summed E-state index contributed by atoms with van der Waals surface area (Å²) in [6.45, 7) is 5.11. The Kier molecular flexibility index (Phi) is 7.85. The fraction of sp³-hybridized carbons (Fsp3) is 0.355. The molecular formula is C31H34N12O4. The van der Waals surface area contributed by atoms with E-state index in [1.165, 1.54) is 12.1 Å². The summed E-state index contributed by atoms with van der Waals surface area (Å²) in [5, 5.41) is 26.2. The van der Waals surface area contributed by atoms with E-state index in [4.69, 9.17) is 9.72 Å². The number of non-ortho nitro benzene ring substituents is 1. The van der Waals surface area contributed by atoms with E-state index in [1.54, 1.807) is 29.3 Å². The van der Waals surface area contributed by atoms with E-state index >= 15 is 0 Å². The first-order valence-corrected chi connectivity index (χ1v) is 15.4. The Morgan fingerprint density at radius 1 is 1.15 bits per heavy atom. The number of nitro groups is 1. The molecule has 4 aromatic heterocycles. The summed E-state index contributed by atoms with van der Waals surface area (Å²) >= 11 is 0. The number of H-pyrrole nitrogens is 1. The van der Waals surface area contributed by atoms with Gasteiger partial charge in [-0.2, -0.15) is 10.1 Å². The predicted octanol–water partition coefficient (Wildman–Crippen LogP) is 4.08. The molecule has 1 saturated heterocycles. The zero-order valence-electron chi connectivity index (χ0n) is 26.1. The second-order valence-electron chi connectivity index (χ2n) is 12.0. The average molecular weight is 639 g/mol. The number of hydrogen-bond acceptors (Lipinski definition) is 12. The van der Waals surface area contributed by atoms with Gasteiger partial charge in [0.2, 0.25) is 23.7 Å². The maximum atomic E-state index is 13.2. The van der Waals surface area contributed by atoms with Crippen LogP contribution < -0.4 is 20.7 Å². The first-order chi connectivity index (χ1) is 22.7. The lowest BCUT2D eigenvalue weighted by Gasteiger charge is -2.17. The van der Waals surface area contributed by atoms with Crippen molar-refractivity contribution in [3.63, 3.8) is 0 Å². The highest BCUT2D eigenvalue weighted by Crippen LogP contribution is 2.37. The molecule has 1 aromatic carbocycles. The molecule has 7 rings (SSSR count). The standard InChI is InChI=1S/C31H34N12O4/c1-17-13-34-31(37-25-10-18(2)41(3)40-25)39-28(17)23-14-33-29-22(23)11-20(43(45)46)12-24(29)36-26(44)16-42-9-7-21(15-42)47-27-6-8-32-30(38-27)35-19-4-5-19/h6,8,10-14,19,21,33H,4-5,7,9,15-16H2,1-3H3,(H,36,44)(H,32,35,38)(H,34,37,39,40)/t21-/m0/s1. The third-order valence-corrected chi connectivity index (χ3v) is 8.26. The normalized spacial score (nSPS) is 16.4. The van der Waals surface area contributed by atoms with Crippen LogP contribution in [-0.2, 0) is 11.8 Å². The number of amides is 1. The van der Waals surface area contributed by atoms with E-state index in [0.717, 1.165) is 30.5 Å². The van der Waals surface area contributed by atoms with Crippen molar-refractivity contribution >= 4 is 45.9 Å². The van der Waals surface area contributed by atoms with Gasteiger partial charge in [0.05, 0.1) is 28.4 Å². The van der Waals surface area contributed by atoms with Crippen molar-refractivity contribution < 1.29 is 14.5 Å². The largest absolute Gasteiger partial charge is 0.473 e. The number of rotatable bonds is 11. The van der Waals surface area contributed by atoms with Gasteiger partial charge in [-0.15, -0.1) is 0 Å². The highest BCUT2D eigenvalue weighted by molar-refractivity contribution is 6.07. The van der Waals surface area contributed by atoms with Crippen LogP contribution in [0, 0.1) is 24.0 Å². The highest BCUT2D eigenvalue weighted by Gasteiger charge is 2.27. The number of carbonyl (C=O) groups is 1. The van der Waals surface area contributed by atoms with Crippen LogP contribution in [0.4, 0.5) is 29.1 Å². The molecule has 16 heteroatoms. The molecular weight excluding hydrogens is 604 g/mol. The van der Waals surface area contributed by atoms with Crippen LogP contribution in [0.25, 0.3) is 22.2 Å². The van der Waals surface area contributed by atoms with Crippen LogP contribution in [0.2, 0.25) is 0 Å². The number of nitro benzene ring substituents is 1. The van der Waals surface area contributed by atoms with Crippen molar-refractivity contribution in [1.29, 1.82) is 0 Å². The van der Waals surface area contributed by atoms with Gasteiger partial charge < -0.3 is 25.7 Å². The summed E-state index contributed by atoms with van der Waals surface area (Å²) < 4.78 is 7.83. The van der Waals surface area contributed by atoms with Crippen molar-refractivity contribution in [2.45, 2.75) is 45.3 Å². The van der Waals surface area contributed by atoms with Gasteiger partial charge in [-0.05, 0) is 38.7 Å². The lowest BCUT2D eigenvalue weighted by Crippen LogP contribution is -2.33. The van der Waals surface area contributed by atoms with Crippen LogP contribution in [-0.4, -0.2) is 82.2 Å². The number of hydrogen-bond donors (Lipinski definition) is 4. The van der Waals surface area contributed by atoms with Gasteiger partial charge in [-0.25, -0.2) is 15.0 Å². The third-order valence-electron chi connectivity index (χ3n) is 8.26. The number of benzene rings is 1. The van der Waals surface area contributed by atoms with Gasteiger partial charge in [0, 0.05) is 85.7 Å². The molecule has 1 aliphatic carbocycles. The summed E-state index contributed by atoms with van der Waals surface area (Å²) in [7, 11) is 1.85. The van der Waals surface area contributed by atoms with Crippen molar-refractivity contribution in [2.24, 2.45) is 7.05 Å². The van der Waals surface area contributed by atoms with Crippen molar-refractivity contribution in [3.8, 4) is 17.1 Å². The van der Waals surface area contributed by atoms with Gasteiger partial charge in [0.15, 0.2) is 5.82 Å². The molecule has 1 amide bonds. The zero-order chi connectivity index (χ0) is 32.7. The first-order valence-electron chi connectivity index (χ1n) is 15.4. The minimum Gasteiger partial charge on any atom is -0.473 e. The average Bonchev–Trinajstić information content (AvgIpc) is 3.41. The number of aryl methyl sites for hydroxylation is 3. The lowest BCUT2D eigenvalue weighted by molar-refractivity contribution is -0.384. The van der Waals surface area contributed by atoms with E-state index < -0.39 is 4.92 Å². The van der Waals surface area contributed by atoms with Crippen LogP contribution in [0.1, 0.15) is 30.5 Å². The van der Waals surface area contributed by atoms with E-state index in [9.17, 15) is 14.9 Å². The topological polar surface area (TPSA) is 194 Å². The fourth-order valence-corrected chi connectivity index (χ4v) is 5.62. The molecule has 0 bridgehead atoms. The summed E-state index contributed by atoms with van der Waals surface area (Å²) in [5.41, 5.74) is 3.66. The van der Waals surface area contributed by atoms with Gasteiger partial charge >= 0.3 is 0 Å². The SMILES string of the molecule is Cc1cnc(Nc2cc(C)n(C)n2)nc1-c1c[nH]c2c(NC(=O)CN3CC[C@H](Oc4ccnc(NC5CC5)n4)C3)cc([N+](=O)[O-])cc12. The molecule has 47 heavy (non-hydrogen) atoms. The number of ether oxygens (including phenoxy) is 1. The number of aromatic amines is 1. The summed E-state index contributed by atoms with van der Waals surface area (Å²) in [4.78, 5) is 47.7. The predicted molar refractivity (Wildman–Crippen MR) is 175 cm³/mol. The quantitative estimate of drug-likeness (QED) is 0.120. The molecule has 242 valence electrons. The Bertz CT molecular complexity index is 1970. The van der Waals surface area contributed by atoms with E-state index in [2.05, 4.69) is 41.0 Å². The molecule has 2 aliphatic rings. The Balaban J connectivity index is 1.06. The zero-order valence-corrected chi connectivity index (χ0v) is 26.1. The van der Waals surface area contributed by atoms with Crippen molar-refractivity contribution in [2.75, 3.05) is 35.6 Å². The van der Waals surface area contributed by atoms with Gasteiger partial charge in [-0.1, -0.05) is 0 Å². The molecule has 4 N–H and O–H groups in total. The molecule has 0 unspecified atom stereocenters. The third kappa shape index (κ3) is 6.67. The Morgan fingerprint density at radius 3 is 2.77 bits per heavy atom. The van der Waals surface area contributed by atoms with Gasteiger partial charge in [0.25, 0.3) is 5.69 Å². The Morgan fingerprint density at radius 2 is 2.00 bits per heavy atom. The van der Waals surface area contributed by atoms with Crippen LogP contribution >= 0.6 is 0 Å². The minimum atomic E-state index is -0.476. The summed E-state index contributed by atoms with van der Waals surface area (Å²) in [6, 6.07) is 6.89. The maximum absolute atomic E-state index is 13.2. The Hall–Kier alpha value is -5.64. The maximum Gasteiger partial charge on any atom is 0.272 e. The Labute approximate surface area is 269 Å². The van der Waals surface area contributed by atoms with E-state index in [0.29, 0.717) is 70.6 Å². The number of fused-ring (bicyclic) bond motifs is 1. The molecule has 2 fully saturated rings. The van der Waals surface area contributed by atoms with Crippen LogP contribution in [0.3, 0.4) is 0 Å². The molecule has 1 saturated carbocycles. The molecule has 1 aliphatic heterocycles. The van der Waals surface area contributed by atoms with Crippen LogP contribution in [0.5, 0.6) is 5.88 Å². The minimum absolute atomic E-state index is 0.100. The summed E-state index contributed by atoms with van der Waals surface area (Å²) in [6.07, 6.45) is 7.93. The molecule has 0 spiro atoms. The lowest BCUT2D eigenvalue weighted by atomic mass is 10.1. The molecule has 16 nitrogen and oxygen atoms in total. The molecule has 1 atom stereocenters. The monoisotopic (exact) mass is 638 g/mol. The number of anilines is 4. The van der Waals surface area contributed by atoms with Crippen molar-refractivity contribution in [1.82, 2.24) is 39.6 Å². The van der Waals surface area contributed by atoms with Crippen LogP contribution in [0.15, 0.2) is 42.9 Å². The number of aromatic nitrogens is 7. The second-order valence-corrected chi connectivity index (χ2v) is 12.0. The molecule has 0 radical (unpaired) electrons. The van der Waals surface area contributed by atoms with Crippen molar-refractivity contribution in [3.05, 3.63) is 64.2 Å². The first kappa shape index (κ1) is 30.0. The van der Waals surface area contributed by atoms with Gasteiger partial charge in [0.1, 0.15) is 6.10 Å². The number of carbonyl (C=O) groups excluding carboxylic acids is 1. The van der Waals surface area contributed by atoms with E-state index in [-0.39, 0.29) is 24.2 Å². The number of nitrogens with one attached hydrogen (secondary N) is 4. The van der Waals surface area contributed by atoms with Gasteiger partial charge in [-0.3, -0.25) is 24.5 Å².